The molecular weight excluding hydrogens is 288 g/mol. The van der Waals surface area contributed by atoms with Gasteiger partial charge in [0.25, 0.3) is 0 Å². The average molecular weight is 312 g/mol. The molecule has 118 valence electrons. The molecule has 1 aliphatic carbocycles. The van der Waals surface area contributed by atoms with Crippen LogP contribution in [0.4, 0.5) is 0 Å². The Morgan fingerprint density at radius 1 is 1.43 bits per heavy atom. The van der Waals surface area contributed by atoms with Gasteiger partial charge in [-0.3, -0.25) is 4.79 Å². The number of thioether (sulfide) groups is 1. The molecule has 1 aromatic rings. The molecule has 1 aromatic heterocycles. The van der Waals surface area contributed by atoms with Crippen LogP contribution in [-0.4, -0.2) is 62.4 Å². The minimum absolute atomic E-state index is 0.184. The SMILES string of the molecule is CCCNCCn1nnnc1SCC(=O)N(CC)C1CC1. The molecule has 0 atom stereocenters. The van der Waals surface area contributed by atoms with Crippen molar-refractivity contribution in [2.45, 2.75) is 50.9 Å². The zero-order chi connectivity index (χ0) is 15.1. The Bertz CT molecular complexity index is 448. The fraction of sp³-hybridized carbons (Fsp3) is 0.846. The molecule has 1 N–H and O–H groups in total. The minimum Gasteiger partial charge on any atom is -0.339 e. The van der Waals surface area contributed by atoms with Gasteiger partial charge in [-0.2, -0.15) is 0 Å². The van der Waals surface area contributed by atoms with Crippen molar-refractivity contribution >= 4 is 17.7 Å². The fourth-order valence-corrected chi connectivity index (χ4v) is 2.95. The van der Waals surface area contributed by atoms with Gasteiger partial charge in [0, 0.05) is 19.1 Å². The number of aromatic nitrogens is 4. The predicted octanol–water partition coefficient (Wildman–Crippen LogP) is 0.776. The largest absolute Gasteiger partial charge is 0.339 e. The molecule has 0 saturated heterocycles. The quantitative estimate of drug-likeness (QED) is 0.508. The highest BCUT2D eigenvalue weighted by Crippen LogP contribution is 2.27. The van der Waals surface area contributed by atoms with E-state index in [9.17, 15) is 4.79 Å². The Morgan fingerprint density at radius 2 is 2.24 bits per heavy atom. The van der Waals surface area contributed by atoms with Gasteiger partial charge in [0.2, 0.25) is 11.1 Å². The number of nitrogens with one attached hydrogen (secondary N) is 1. The molecule has 21 heavy (non-hydrogen) atoms. The van der Waals surface area contributed by atoms with Gasteiger partial charge in [-0.25, -0.2) is 4.68 Å². The van der Waals surface area contributed by atoms with Crippen LogP contribution in [0.5, 0.6) is 0 Å². The van der Waals surface area contributed by atoms with Crippen LogP contribution in [0.25, 0.3) is 0 Å². The van der Waals surface area contributed by atoms with Crippen LogP contribution in [0.3, 0.4) is 0 Å². The summed E-state index contributed by atoms with van der Waals surface area (Å²) < 4.78 is 1.76. The highest BCUT2D eigenvalue weighted by molar-refractivity contribution is 7.99. The second-order valence-electron chi connectivity index (χ2n) is 5.13. The molecule has 7 nitrogen and oxygen atoms in total. The van der Waals surface area contributed by atoms with Crippen LogP contribution in [0.1, 0.15) is 33.1 Å². The van der Waals surface area contributed by atoms with Crippen LogP contribution < -0.4 is 5.32 Å². The van der Waals surface area contributed by atoms with Crippen molar-refractivity contribution in [1.82, 2.24) is 30.4 Å². The lowest BCUT2D eigenvalue weighted by Gasteiger charge is -2.19. The van der Waals surface area contributed by atoms with Crippen LogP contribution in [-0.2, 0) is 11.3 Å². The fourth-order valence-electron chi connectivity index (χ4n) is 2.16. The van der Waals surface area contributed by atoms with E-state index in [1.807, 2.05) is 11.8 Å². The monoisotopic (exact) mass is 312 g/mol. The predicted molar refractivity (Wildman–Crippen MR) is 82.1 cm³/mol. The van der Waals surface area contributed by atoms with Gasteiger partial charge < -0.3 is 10.2 Å². The van der Waals surface area contributed by atoms with Gasteiger partial charge >= 0.3 is 0 Å². The topological polar surface area (TPSA) is 75.9 Å². The first-order valence-corrected chi connectivity index (χ1v) is 8.64. The van der Waals surface area contributed by atoms with Crippen molar-refractivity contribution in [2.75, 3.05) is 25.4 Å². The zero-order valence-corrected chi connectivity index (χ0v) is 13.6. The smallest absolute Gasteiger partial charge is 0.233 e. The van der Waals surface area contributed by atoms with Crippen molar-refractivity contribution in [2.24, 2.45) is 0 Å². The molecule has 1 amide bonds. The molecule has 8 heteroatoms. The number of hydrogen-bond donors (Lipinski definition) is 1. The first-order chi connectivity index (χ1) is 10.3. The zero-order valence-electron chi connectivity index (χ0n) is 12.8. The Kier molecular flexibility index (Phi) is 6.44. The third-order valence-electron chi connectivity index (χ3n) is 3.40. The summed E-state index contributed by atoms with van der Waals surface area (Å²) >= 11 is 1.42. The maximum Gasteiger partial charge on any atom is 0.233 e. The molecule has 0 unspecified atom stereocenters. The number of nitrogens with zero attached hydrogens (tertiary/aromatic N) is 5. The molecule has 0 bridgehead atoms. The van der Waals surface area contributed by atoms with Gasteiger partial charge in [-0.15, -0.1) is 5.10 Å². The highest BCUT2D eigenvalue weighted by atomic mass is 32.2. The molecule has 0 radical (unpaired) electrons. The van der Waals surface area contributed by atoms with E-state index in [1.165, 1.54) is 11.8 Å². The summed E-state index contributed by atoms with van der Waals surface area (Å²) in [7, 11) is 0. The maximum atomic E-state index is 12.2. The molecule has 0 spiro atoms. The van der Waals surface area contributed by atoms with E-state index in [2.05, 4.69) is 27.8 Å². The van der Waals surface area contributed by atoms with Gasteiger partial charge in [-0.1, -0.05) is 18.7 Å². The molecule has 2 rings (SSSR count). The van der Waals surface area contributed by atoms with E-state index in [0.717, 1.165) is 45.4 Å². The normalized spacial score (nSPS) is 14.4. The van der Waals surface area contributed by atoms with Crippen LogP contribution in [0.2, 0.25) is 0 Å². The number of carbonyl (C=O) groups excluding carboxylic acids is 1. The summed E-state index contributed by atoms with van der Waals surface area (Å²) in [5.74, 6) is 0.594. The summed E-state index contributed by atoms with van der Waals surface area (Å²) in [6.07, 6.45) is 3.40. The van der Waals surface area contributed by atoms with E-state index in [1.54, 1.807) is 4.68 Å². The third-order valence-corrected chi connectivity index (χ3v) is 4.34. The number of amides is 1. The summed E-state index contributed by atoms with van der Waals surface area (Å²) in [5, 5.41) is 15.7. The van der Waals surface area contributed by atoms with E-state index < -0.39 is 0 Å². The van der Waals surface area contributed by atoms with Gasteiger partial charge in [0.1, 0.15) is 0 Å². The van der Waals surface area contributed by atoms with Gasteiger partial charge in [-0.05, 0) is 43.2 Å². The lowest BCUT2D eigenvalue weighted by Crippen LogP contribution is -2.34. The second-order valence-corrected chi connectivity index (χ2v) is 6.08. The lowest BCUT2D eigenvalue weighted by atomic mass is 10.4. The highest BCUT2D eigenvalue weighted by Gasteiger charge is 2.31. The molecule has 1 fully saturated rings. The van der Waals surface area contributed by atoms with Crippen molar-refractivity contribution in [3.05, 3.63) is 0 Å². The third kappa shape index (κ3) is 4.96. The summed E-state index contributed by atoms with van der Waals surface area (Å²) in [6.45, 7) is 7.51. The summed E-state index contributed by atoms with van der Waals surface area (Å²) in [4.78, 5) is 14.1. The lowest BCUT2D eigenvalue weighted by molar-refractivity contribution is -0.128. The Morgan fingerprint density at radius 3 is 2.90 bits per heavy atom. The first-order valence-electron chi connectivity index (χ1n) is 7.65. The number of hydrogen-bond acceptors (Lipinski definition) is 6. The van der Waals surface area contributed by atoms with Crippen LogP contribution >= 0.6 is 11.8 Å². The Labute approximate surface area is 129 Å². The van der Waals surface area contributed by atoms with Crippen LogP contribution in [0.15, 0.2) is 5.16 Å². The molecule has 1 saturated carbocycles. The first kappa shape index (κ1) is 16.2. The standard InChI is InChI=1S/C13H24N6OS/c1-3-7-14-8-9-19-13(15-16-17-19)21-10-12(20)18(4-2)11-5-6-11/h11,14H,3-10H2,1-2H3. The average Bonchev–Trinajstić information content (AvgIpc) is 3.21. The molecular formula is C13H24N6OS. The van der Waals surface area contributed by atoms with E-state index in [-0.39, 0.29) is 5.91 Å². The summed E-state index contributed by atoms with van der Waals surface area (Å²) in [5.41, 5.74) is 0. The molecule has 0 aromatic carbocycles. The second kappa shape index (κ2) is 8.33. The number of tetrazole rings is 1. The summed E-state index contributed by atoms with van der Waals surface area (Å²) in [6, 6.07) is 0.470. The minimum atomic E-state index is 0.184. The molecule has 1 aliphatic rings. The van der Waals surface area contributed by atoms with Gasteiger partial charge in [0.05, 0.1) is 12.3 Å². The van der Waals surface area contributed by atoms with E-state index in [0.29, 0.717) is 17.0 Å². The Hall–Kier alpha value is -1.15. The van der Waals surface area contributed by atoms with Crippen molar-refractivity contribution < 1.29 is 4.79 Å². The van der Waals surface area contributed by atoms with Crippen molar-refractivity contribution in [3.8, 4) is 0 Å². The van der Waals surface area contributed by atoms with Gasteiger partial charge in [0.15, 0.2) is 0 Å². The van der Waals surface area contributed by atoms with Crippen molar-refractivity contribution in [1.29, 1.82) is 0 Å². The van der Waals surface area contributed by atoms with Crippen molar-refractivity contribution in [3.63, 3.8) is 0 Å². The van der Waals surface area contributed by atoms with Crippen LogP contribution in [0, 0.1) is 0 Å². The maximum absolute atomic E-state index is 12.2. The molecule has 1 heterocycles. The number of carbonyl (C=O) groups is 1. The number of rotatable bonds is 10. The Balaban J connectivity index is 1.77. The van der Waals surface area contributed by atoms with E-state index >= 15 is 0 Å². The van der Waals surface area contributed by atoms with E-state index in [4.69, 9.17) is 0 Å². The molecule has 0 aliphatic heterocycles.